The van der Waals surface area contributed by atoms with E-state index in [0.29, 0.717) is 6.04 Å². The zero-order valence-electron chi connectivity index (χ0n) is 9.49. The van der Waals surface area contributed by atoms with E-state index in [1.165, 1.54) is 16.7 Å². The molecule has 1 N–H and O–H groups in total. The lowest BCUT2D eigenvalue weighted by molar-refractivity contribution is 0.568. The van der Waals surface area contributed by atoms with E-state index in [9.17, 15) is 0 Å². The maximum atomic E-state index is 3.60. The van der Waals surface area contributed by atoms with Crippen LogP contribution in [0, 0.1) is 0 Å². The zero-order chi connectivity index (χ0) is 11.7. The molecule has 0 spiro atoms. The van der Waals surface area contributed by atoms with Crippen molar-refractivity contribution in [2.24, 2.45) is 0 Å². The highest BCUT2D eigenvalue weighted by molar-refractivity contribution is 9.10. The topological polar surface area (TPSA) is 12.0 Å². The summed E-state index contributed by atoms with van der Waals surface area (Å²) in [5.74, 6) is 0. The van der Waals surface area contributed by atoms with E-state index in [1.807, 2.05) is 0 Å². The minimum atomic E-state index is 0.331. The summed E-state index contributed by atoms with van der Waals surface area (Å²) in [6, 6.07) is 17.6. The molecule has 0 radical (unpaired) electrons. The summed E-state index contributed by atoms with van der Waals surface area (Å²) < 4.78 is 1.14. The minimum absolute atomic E-state index is 0.331. The molecule has 0 aromatic heterocycles. The van der Waals surface area contributed by atoms with Gasteiger partial charge in [-0.15, -0.1) is 0 Å². The lowest BCUT2D eigenvalue weighted by Crippen LogP contribution is -2.30. The van der Waals surface area contributed by atoms with Crippen LogP contribution < -0.4 is 5.32 Å². The minimum Gasteiger partial charge on any atom is -0.306 e. The van der Waals surface area contributed by atoms with Crippen LogP contribution in [0.15, 0.2) is 53.0 Å². The van der Waals surface area contributed by atoms with E-state index in [2.05, 4.69) is 69.8 Å². The average molecular weight is 288 g/mol. The first-order chi connectivity index (χ1) is 8.34. The fraction of sp³-hybridized carbons (Fsp3) is 0.200. The molecule has 1 aliphatic rings. The van der Waals surface area contributed by atoms with Crippen LogP contribution in [0.4, 0.5) is 0 Å². The molecule has 2 heteroatoms. The number of nitrogens with one attached hydrogen (secondary N) is 1. The summed E-state index contributed by atoms with van der Waals surface area (Å²) >= 11 is 3.54. The maximum Gasteiger partial charge on any atom is 0.0579 e. The van der Waals surface area contributed by atoms with Gasteiger partial charge < -0.3 is 5.32 Å². The predicted molar refractivity (Wildman–Crippen MR) is 74.1 cm³/mol. The molecule has 0 aliphatic carbocycles. The van der Waals surface area contributed by atoms with Crippen molar-refractivity contribution >= 4 is 15.9 Å². The Labute approximate surface area is 110 Å². The van der Waals surface area contributed by atoms with Gasteiger partial charge in [-0.25, -0.2) is 0 Å². The van der Waals surface area contributed by atoms with Crippen molar-refractivity contribution in [3.8, 4) is 0 Å². The molecule has 2 aromatic carbocycles. The Morgan fingerprint density at radius 3 is 2.82 bits per heavy atom. The van der Waals surface area contributed by atoms with Crippen molar-refractivity contribution in [1.82, 2.24) is 5.32 Å². The zero-order valence-corrected chi connectivity index (χ0v) is 11.1. The molecule has 0 fully saturated rings. The lowest BCUT2D eigenvalue weighted by Gasteiger charge is -2.27. The molecule has 1 aliphatic heterocycles. The first-order valence-electron chi connectivity index (χ1n) is 5.91. The molecule has 1 nitrogen and oxygen atoms in total. The highest BCUT2D eigenvalue weighted by atomic mass is 79.9. The molecule has 1 atom stereocenters. The van der Waals surface area contributed by atoms with Crippen LogP contribution in [0.2, 0.25) is 0 Å². The summed E-state index contributed by atoms with van der Waals surface area (Å²) in [6.07, 6.45) is 1.13. The molecule has 0 saturated carbocycles. The summed E-state index contributed by atoms with van der Waals surface area (Å²) in [6.45, 7) is 1.05. The molecule has 2 aromatic rings. The van der Waals surface area contributed by atoms with Gasteiger partial charge >= 0.3 is 0 Å². The van der Waals surface area contributed by atoms with Crippen LogP contribution in [-0.2, 0) is 6.42 Å². The van der Waals surface area contributed by atoms with E-state index < -0.39 is 0 Å². The molecule has 1 unspecified atom stereocenters. The average Bonchev–Trinajstić information content (AvgIpc) is 2.38. The van der Waals surface area contributed by atoms with Gasteiger partial charge in [-0.2, -0.15) is 0 Å². The first kappa shape index (κ1) is 11.0. The van der Waals surface area contributed by atoms with Gasteiger partial charge in [-0.05, 0) is 35.2 Å². The molecule has 3 rings (SSSR count). The summed E-state index contributed by atoms with van der Waals surface area (Å²) in [7, 11) is 0. The third-order valence-corrected chi connectivity index (χ3v) is 3.78. The highest BCUT2D eigenvalue weighted by Gasteiger charge is 2.20. The van der Waals surface area contributed by atoms with Crippen molar-refractivity contribution in [2.75, 3.05) is 6.54 Å². The number of rotatable bonds is 1. The van der Waals surface area contributed by atoms with Crippen LogP contribution in [0.1, 0.15) is 22.7 Å². The Hall–Kier alpha value is -1.12. The van der Waals surface area contributed by atoms with Gasteiger partial charge in [0, 0.05) is 11.0 Å². The smallest absolute Gasteiger partial charge is 0.0579 e. The summed E-state index contributed by atoms with van der Waals surface area (Å²) in [5.41, 5.74) is 4.21. The van der Waals surface area contributed by atoms with E-state index >= 15 is 0 Å². The van der Waals surface area contributed by atoms with Crippen LogP contribution in [-0.4, -0.2) is 6.54 Å². The number of hydrogen-bond donors (Lipinski definition) is 1. The third-order valence-electron chi connectivity index (χ3n) is 3.29. The van der Waals surface area contributed by atoms with Crippen molar-refractivity contribution in [3.05, 3.63) is 69.7 Å². The molecular weight excluding hydrogens is 274 g/mol. The Morgan fingerprint density at radius 1 is 1.06 bits per heavy atom. The van der Waals surface area contributed by atoms with Crippen LogP contribution in [0.25, 0.3) is 0 Å². The van der Waals surface area contributed by atoms with E-state index in [0.717, 1.165) is 17.4 Å². The van der Waals surface area contributed by atoms with Crippen molar-refractivity contribution in [2.45, 2.75) is 12.5 Å². The Balaban J connectivity index is 2.06. The third kappa shape index (κ3) is 2.15. The first-order valence-corrected chi connectivity index (χ1v) is 6.70. The van der Waals surface area contributed by atoms with Crippen molar-refractivity contribution < 1.29 is 0 Å². The summed E-state index contributed by atoms with van der Waals surface area (Å²) in [4.78, 5) is 0. The normalized spacial score (nSPS) is 18.8. The fourth-order valence-corrected chi connectivity index (χ4v) is 2.91. The van der Waals surface area contributed by atoms with Gasteiger partial charge in [0.25, 0.3) is 0 Å². The molecule has 17 heavy (non-hydrogen) atoms. The van der Waals surface area contributed by atoms with E-state index in [4.69, 9.17) is 0 Å². The number of fused-ring (bicyclic) bond motifs is 1. The Bertz CT molecular complexity index is 536. The number of benzene rings is 2. The predicted octanol–water partition coefficient (Wildman–Crippen LogP) is 3.68. The monoisotopic (exact) mass is 287 g/mol. The highest BCUT2D eigenvalue weighted by Crippen LogP contribution is 2.29. The Morgan fingerprint density at radius 2 is 1.94 bits per heavy atom. The molecule has 86 valence electrons. The van der Waals surface area contributed by atoms with Gasteiger partial charge in [0.2, 0.25) is 0 Å². The SMILES string of the molecule is Brc1cccc(C2NCCc3ccccc32)c1. The quantitative estimate of drug-likeness (QED) is 0.844. The summed E-state index contributed by atoms with van der Waals surface area (Å²) in [5, 5.41) is 3.60. The standard InChI is InChI=1S/C15H14BrN/c16-13-6-3-5-12(10-13)15-14-7-2-1-4-11(14)8-9-17-15/h1-7,10,15,17H,8-9H2. The molecule has 1 heterocycles. The van der Waals surface area contributed by atoms with Gasteiger partial charge in [-0.1, -0.05) is 52.3 Å². The second kappa shape index (κ2) is 4.63. The van der Waals surface area contributed by atoms with Crippen LogP contribution in [0.5, 0.6) is 0 Å². The maximum absolute atomic E-state index is 3.60. The molecule has 0 amide bonds. The lowest BCUT2D eigenvalue weighted by atomic mass is 9.90. The second-order valence-electron chi connectivity index (χ2n) is 4.39. The van der Waals surface area contributed by atoms with Crippen molar-refractivity contribution in [3.63, 3.8) is 0 Å². The van der Waals surface area contributed by atoms with Gasteiger partial charge in [0.15, 0.2) is 0 Å². The second-order valence-corrected chi connectivity index (χ2v) is 5.31. The van der Waals surface area contributed by atoms with Crippen molar-refractivity contribution in [1.29, 1.82) is 0 Å². The van der Waals surface area contributed by atoms with Crippen LogP contribution in [0.3, 0.4) is 0 Å². The fourth-order valence-electron chi connectivity index (χ4n) is 2.49. The number of hydrogen-bond acceptors (Lipinski definition) is 1. The van der Waals surface area contributed by atoms with E-state index in [1.54, 1.807) is 0 Å². The molecular formula is C15H14BrN. The van der Waals surface area contributed by atoms with Crippen LogP contribution >= 0.6 is 15.9 Å². The molecule has 0 saturated heterocycles. The van der Waals surface area contributed by atoms with Gasteiger partial charge in [0.05, 0.1) is 6.04 Å². The number of halogens is 1. The van der Waals surface area contributed by atoms with Gasteiger partial charge in [0.1, 0.15) is 0 Å². The van der Waals surface area contributed by atoms with Gasteiger partial charge in [-0.3, -0.25) is 0 Å². The van der Waals surface area contributed by atoms with E-state index in [-0.39, 0.29) is 0 Å². The Kier molecular flexibility index (Phi) is 3.00. The largest absolute Gasteiger partial charge is 0.306 e. The molecule has 0 bridgehead atoms.